The summed E-state index contributed by atoms with van der Waals surface area (Å²) >= 11 is 1.57. The zero-order valence-corrected chi connectivity index (χ0v) is 28.1. The molecule has 0 spiro atoms. The van der Waals surface area contributed by atoms with Crippen LogP contribution in [0.3, 0.4) is 0 Å². The Morgan fingerprint density at radius 1 is 0.911 bits per heavy atom. The molecule has 1 aromatic carbocycles. The Bertz CT molecular complexity index is 1490. The van der Waals surface area contributed by atoms with Crippen molar-refractivity contribution in [1.29, 1.82) is 0 Å². The zero-order valence-electron chi connectivity index (χ0n) is 27.3. The Morgan fingerprint density at radius 2 is 1.56 bits per heavy atom. The number of likely N-dealkylation sites (tertiary alicyclic amines) is 1. The van der Waals surface area contributed by atoms with Gasteiger partial charge in [0.2, 0.25) is 5.95 Å². The van der Waals surface area contributed by atoms with Crippen LogP contribution in [0, 0.1) is 5.92 Å². The van der Waals surface area contributed by atoms with E-state index in [9.17, 15) is 14.4 Å². The Labute approximate surface area is 269 Å². The average Bonchev–Trinajstić information content (AvgIpc) is 3.48. The first kappa shape index (κ1) is 33.7. The first-order chi connectivity index (χ1) is 21.0. The predicted molar refractivity (Wildman–Crippen MR) is 178 cm³/mol. The van der Waals surface area contributed by atoms with Gasteiger partial charge in [-0.2, -0.15) is 0 Å². The molecule has 2 aromatic heterocycles. The Morgan fingerprint density at radius 3 is 2.11 bits per heavy atom. The first-order valence-corrected chi connectivity index (χ1v) is 16.0. The lowest BCUT2D eigenvalue weighted by atomic mass is 9.78. The van der Waals surface area contributed by atoms with Crippen LogP contribution in [-0.2, 0) is 9.47 Å². The molecule has 0 saturated carbocycles. The molecule has 1 fully saturated rings. The van der Waals surface area contributed by atoms with Gasteiger partial charge in [0.25, 0.3) is 5.91 Å². The van der Waals surface area contributed by atoms with Crippen LogP contribution in [0.1, 0.15) is 78.6 Å². The number of rotatable bonds is 7. The fourth-order valence-corrected chi connectivity index (χ4v) is 5.68. The Kier molecular flexibility index (Phi) is 10.1. The molecule has 12 heteroatoms. The summed E-state index contributed by atoms with van der Waals surface area (Å²) < 4.78 is 11.0. The molecule has 0 aliphatic carbocycles. The van der Waals surface area contributed by atoms with Crippen LogP contribution in [0.4, 0.5) is 26.9 Å². The standard InChI is InChI=1S/C33H44N6O5S/c1-21(2)33(13-15-39(16-14-33)30(42)44-32(6,7)8)38-28-34-19-23(20-35-28)27(40)36-25-18-22(26-10-9-17-45-26)11-12-24(25)37-29(41)43-31(3,4)5/h9-12,17-21H,13-16H2,1-8H3,(H,36,40)(H,37,41)(H,34,35,38). The van der Waals surface area contributed by atoms with Crippen LogP contribution in [0.5, 0.6) is 0 Å². The van der Waals surface area contributed by atoms with Crippen molar-refractivity contribution in [2.45, 2.75) is 85.0 Å². The lowest BCUT2D eigenvalue weighted by molar-refractivity contribution is 0.0156. The van der Waals surface area contributed by atoms with Crippen molar-refractivity contribution >= 4 is 46.8 Å². The summed E-state index contributed by atoms with van der Waals surface area (Å²) in [6.45, 7) is 16.3. The summed E-state index contributed by atoms with van der Waals surface area (Å²) in [6, 6.07) is 9.35. The molecule has 11 nitrogen and oxygen atoms in total. The number of anilines is 3. The molecule has 0 bridgehead atoms. The predicted octanol–water partition coefficient (Wildman–Crippen LogP) is 7.64. The molecule has 1 saturated heterocycles. The molecule has 0 radical (unpaired) electrons. The lowest BCUT2D eigenvalue weighted by Gasteiger charge is -2.45. The fourth-order valence-electron chi connectivity index (χ4n) is 4.95. The molecule has 1 aliphatic rings. The van der Waals surface area contributed by atoms with Crippen LogP contribution in [0.25, 0.3) is 10.4 Å². The van der Waals surface area contributed by atoms with Crippen molar-refractivity contribution in [2.24, 2.45) is 5.92 Å². The summed E-state index contributed by atoms with van der Waals surface area (Å²) in [7, 11) is 0. The molecule has 3 aromatic rings. The maximum Gasteiger partial charge on any atom is 0.412 e. The van der Waals surface area contributed by atoms with Gasteiger partial charge in [0.05, 0.1) is 16.9 Å². The van der Waals surface area contributed by atoms with Gasteiger partial charge < -0.3 is 25.0 Å². The number of hydrogen-bond acceptors (Lipinski definition) is 9. The summed E-state index contributed by atoms with van der Waals surface area (Å²) in [5, 5.41) is 11.1. The number of hydrogen-bond donors (Lipinski definition) is 3. The van der Waals surface area contributed by atoms with Crippen molar-refractivity contribution in [3.63, 3.8) is 0 Å². The highest BCUT2D eigenvalue weighted by atomic mass is 32.1. The molecule has 1 aliphatic heterocycles. The summed E-state index contributed by atoms with van der Waals surface area (Å²) in [5.74, 6) is 0.204. The monoisotopic (exact) mass is 636 g/mol. The van der Waals surface area contributed by atoms with Gasteiger partial charge in [-0.05, 0) is 89.4 Å². The van der Waals surface area contributed by atoms with Gasteiger partial charge >= 0.3 is 12.2 Å². The fraction of sp³-hybridized carbons (Fsp3) is 0.485. The minimum Gasteiger partial charge on any atom is -0.444 e. The number of ether oxygens (including phenoxy) is 2. The third kappa shape index (κ3) is 9.16. The number of carbonyl (C=O) groups is 3. The zero-order chi connectivity index (χ0) is 33.0. The number of thiophene rings is 1. The first-order valence-electron chi connectivity index (χ1n) is 15.1. The number of amides is 3. The third-order valence-electron chi connectivity index (χ3n) is 7.40. The molecular formula is C33H44N6O5S. The van der Waals surface area contributed by atoms with E-state index < -0.39 is 23.2 Å². The maximum atomic E-state index is 13.3. The average molecular weight is 637 g/mol. The summed E-state index contributed by atoms with van der Waals surface area (Å²) in [6.07, 6.45) is 3.40. The second-order valence-corrected chi connectivity index (χ2v) is 14.5. The van der Waals surface area contributed by atoms with Gasteiger partial charge in [-0.3, -0.25) is 10.1 Å². The Balaban J connectivity index is 1.47. The second kappa shape index (κ2) is 13.4. The molecule has 242 valence electrons. The van der Waals surface area contributed by atoms with Gasteiger partial charge in [0.1, 0.15) is 11.2 Å². The molecule has 0 unspecified atom stereocenters. The van der Waals surface area contributed by atoms with E-state index in [1.807, 2.05) is 50.4 Å². The lowest BCUT2D eigenvalue weighted by Crippen LogP contribution is -2.54. The smallest absolute Gasteiger partial charge is 0.412 e. The molecule has 3 N–H and O–H groups in total. The quantitative estimate of drug-likeness (QED) is 0.241. The SMILES string of the molecule is CC(C)C1(Nc2ncc(C(=O)Nc3cc(-c4cccs4)ccc3NC(=O)OC(C)(C)C)cn2)CCN(C(=O)OC(C)(C)C)CC1. The third-order valence-corrected chi connectivity index (χ3v) is 8.32. The largest absolute Gasteiger partial charge is 0.444 e. The summed E-state index contributed by atoms with van der Waals surface area (Å²) in [4.78, 5) is 50.1. The van der Waals surface area contributed by atoms with E-state index in [1.54, 1.807) is 43.1 Å². The van der Waals surface area contributed by atoms with Gasteiger partial charge in [0, 0.05) is 35.9 Å². The normalized spacial score (nSPS) is 14.9. The highest BCUT2D eigenvalue weighted by molar-refractivity contribution is 7.13. The summed E-state index contributed by atoms with van der Waals surface area (Å²) in [5.41, 5.74) is 0.398. The number of piperidine rings is 1. The van der Waals surface area contributed by atoms with E-state index in [2.05, 4.69) is 39.8 Å². The van der Waals surface area contributed by atoms with Crippen molar-refractivity contribution in [2.75, 3.05) is 29.0 Å². The Hall–Kier alpha value is -4.19. The van der Waals surface area contributed by atoms with E-state index in [4.69, 9.17) is 9.47 Å². The molecule has 3 heterocycles. The van der Waals surface area contributed by atoms with Crippen LogP contribution in [-0.4, -0.2) is 62.8 Å². The van der Waals surface area contributed by atoms with Gasteiger partial charge in [-0.15, -0.1) is 11.3 Å². The number of nitrogens with one attached hydrogen (secondary N) is 3. The van der Waals surface area contributed by atoms with E-state index in [1.165, 1.54) is 12.4 Å². The van der Waals surface area contributed by atoms with Crippen molar-refractivity contribution < 1.29 is 23.9 Å². The molecule has 0 atom stereocenters. The maximum absolute atomic E-state index is 13.3. The van der Waals surface area contributed by atoms with Gasteiger partial charge in [-0.25, -0.2) is 19.6 Å². The molecule has 3 amide bonds. The van der Waals surface area contributed by atoms with Crippen LogP contribution in [0.15, 0.2) is 48.1 Å². The van der Waals surface area contributed by atoms with Crippen LogP contribution in [0.2, 0.25) is 0 Å². The van der Waals surface area contributed by atoms with E-state index >= 15 is 0 Å². The number of nitrogens with zero attached hydrogens (tertiary/aromatic N) is 3. The van der Waals surface area contributed by atoms with E-state index in [0.29, 0.717) is 43.3 Å². The minimum atomic E-state index is -0.680. The second-order valence-electron chi connectivity index (χ2n) is 13.5. The van der Waals surface area contributed by atoms with Crippen molar-refractivity contribution in [3.8, 4) is 10.4 Å². The molecule has 4 rings (SSSR count). The number of benzene rings is 1. The van der Waals surface area contributed by atoms with Gasteiger partial charge in [-0.1, -0.05) is 26.0 Å². The minimum absolute atomic E-state index is 0.233. The molecular weight excluding hydrogens is 592 g/mol. The highest BCUT2D eigenvalue weighted by Crippen LogP contribution is 2.34. The van der Waals surface area contributed by atoms with E-state index in [-0.39, 0.29) is 23.1 Å². The molecule has 45 heavy (non-hydrogen) atoms. The van der Waals surface area contributed by atoms with Gasteiger partial charge in [0.15, 0.2) is 0 Å². The highest BCUT2D eigenvalue weighted by Gasteiger charge is 2.40. The van der Waals surface area contributed by atoms with Crippen LogP contribution >= 0.6 is 11.3 Å². The van der Waals surface area contributed by atoms with E-state index in [0.717, 1.165) is 10.4 Å². The van der Waals surface area contributed by atoms with Crippen molar-refractivity contribution in [1.82, 2.24) is 14.9 Å². The van der Waals surface area contributed by atoms with Crippen LogP contribution < -0.4 is 16.0 Å². The number of carbonyl (C=O) groups excluding carboxylic acids is 3. The van der Waals surface area contributed by atoms with Crippen molar-refractivity contribution in [3.05, 3.63) is 53.7 Å². The topological polar surface area (TPSA) is 135 Å². The number of aromatic nitrogens is 2.